The fourth-order valence-electron chi connectivity index (χ4n) is 2.72. The van der Waals surface area contributed by atoms with Gasteiger partial charge in [0.1, 0.15) is 6.33 Å². The van der Waals surface area contributed by atoms with Crippen molar-refractivity contribution in [2.75, 3.05) is 26.7 Å². The van der Waals surface area contributed by atoms with E-state index in [1.807, 2.05) is 0 Å². The molecule has 25 heavy (non-hydrogen) atoms. The third-order valence-electron chi connectivity index (χ3n) is 4.28. The molecular weight excluding hydrogens is 341 g/mol. The zero-order valence-corrected chi connectivity index (χ0v) is 15.0. The van der Waals surface area contributed by atoms with Gasteiger partial charge in [0, 0.05) is 29.4 Å². The van der Waals surface area contributed by atoms with Crippen LogP contribution in [0, 0.1) is 0 Å². The highest BCUT2D eigenvalue weighted by molar-refractivity contribution is 7.13. The van der Waals surface area contributed by atoms with Gasteiger partial charge >= 0.3 is 5.69 Å². The quantitative estimate of drug-likeness (QED) is 0.848. The lowest BCUT2D eigenvalue weighted by atomic mass is 10.1. The summed E-state index contributed by atoms with van der Waals surface area (Å²) in [7, 11) is 2.12. The van der Waals surface area contributed by atoms with Crippen LogP contribution in [-0.4, -0.2) is 45.9 Å². The third kappa shape index (κ3) is 4.15. The summed E-state index contributed by atoms with van der Waals surface area (Å²) in [5.41, 5.74) is 6.87. The van der Waals surface area contributed by atoms with Crippen molar-refractivity contribution in [2.24, 2.45) is 5.73 Å². The lowest BCUT2D eigenvalue weighted by molar-refractivity contribution is 0.370. The first-order valence-corrected chi connectivity index (χ1v) is 8.99. The summed E-state index contributed by atoms with van der Waals surface area (Å²) >= 11 is 1.70. The highest BCUT2D eigenvalue weighted by Crippen LogP contribution is 2.28. The Morgan fingerprint density at radius 1 is 1.48 bits per heavy atom. The minimum Gasteiger partial charge on any atom is -0.327 e. The molecule has 3 rings (SSSR count). The molecule has 0 aliphatic carbocycles. The van der Waals surface area contributed by atoms with Crippen molar-refractivity contribution in [3.8, 4) is 0 Å². The molecule has 0 saturated carbocycles. The number of aromatic nitrogens is 3. The van der Waals surface area contributed by atoms with E-state index in [-0.39, 0.29) is 18.8 Å². The van der Waals surface area contributed by atoms with Crippen molar-refractivity contribution >= 4 is 16.9 Å². The number of likely N-dealkylation sites (N-methyl/N-ethyl adjacent to an activating group) is 1. The smallest absolute Gasteiger partial charge is 0.327 e. The van der Waals surface area contributed by atoms with Gasteiger partial charge < -0.3 is 10.6 Å². The second-order valence-corrected chi connectivity index (χ2v) is 7.35. The number of rotatable bonds is 6. The summed E-state index contributed by atoms with van der Waals surface area (Å²) in [6.45, 7) is 2.65. The van der Waals surface area contributed by atoms with Gasteiger partial charge in [0.15, 0.2) is 0 Å². The Hall–Kier alpha value is -2.03. The Morgan fingerprint density at radius 2 is 2.32 bits per heavy atom. The van der Waals surface area contributed by atoms with E-state index in [1.54, 1.807) is 11.3 Å². The maximum Gasteiger partial charge on any atom is 0.346 e. The van der Waals surface area contributed by atoms with Crippen LogP contribution in [0.25, 0.3) is 5.57 Å². The number of nitrogens with zero attached hydrogens (tertiary/aromatic N) is 4. The Kier molecular flexibility index (Phi) is 5.62. The van der Waals surface area contributed by atoms with Crippen LogP contribution in [0.15, 0.2) is 41.2 Å². The van der Waals surface area contributed by atoms with Gasteiger partial charge in [-0.25, -0.2) is 13.9 Å². The van der Waals surface area contributed by atoms with Crippen molar-refractivity contribution in [3.05, 3.63) is 56.7 Å². The predicted octanol–water partition coefficient (Wildman–Crippen LogP) is 1.69. The maximum absolute atomic E-state index is 12.6. The van der Waals surface area contributed by atoms with Crippen LogP contribution in [0.3, 0.4) is 0 Å². The molecule has 2 N–H and O–H groups in total. The van der Waals surface area contributed by atoms with Crippen LogP contribution in [0.1, 0.15) is 16.2 Å². The Morgan fingerprint density at radius 3 is 3.00 bits per heavy atom. The van der Waals surface area contributed by atoms with E-state index in [9.17, 15) is 9.18 Å². The largest absolute Gasteiger partial charge is 0.346 e. The molecule has 0 fully saturated rings. The van der Waals surface area contributed by atoms with Crippen molar-refractivity contribution in [2.45, 2.75) is 19.5 Å². The molecule has 0 radical (unpaired) electrons. The van der Waals surface area contributed by atoms with Gasteiger partial charge in [-0.2, -0.15) is 5.10 Å². The van der Waals surface area contributed by atoms with Crippen LogP contribution in [-0.2, 0) is 13.1 Å². The molecule has 8 heteroatoms. The average molecular weight is 363 g/mol. The molecule has 1 aliphatic heterocycles. The summed E-state index contributed by atoms with van der Waals surface area (Å²) in [6.07, 6.45) is 5.24. The van der Waals surface area contributed by atoms with Gasteiger partial charge in [0.05, 0.1) is 19.4 Å². The number of nitrogens with two attached hydrogens (primary N) is 1. The molecule has 0 bridgehead atoms. The van der Waals surface area contributed by atoms with Gasteiger partial charge in [-0.05, 0) is 36.7 Å². The van der Waals surface area contributed by atoms with E-state index in [4.69, 9.17) is 5.73 Å². The van der Waals surface area contributed by atoms with Crippen LogP contribution in [0.5, 0.6) is 0 Å². The minimum atomic E-state index is -0.263. The molecule has 134 valence electrons. The molecule has 0 saturated heterocycles. The molecule has 0 aromatic carbocycles. The Labute approximate surface area is 149 Å². The predicted molar refractivity (Wildman–Crippen MR) is 98.2 cm³/mol. The molecule has 0 amide bonds. The van der Waals surface area contributed by atoms with Crippen molar-refractivity contribution in [3.63, 3.8) is 0 Å². The number of thiophene rings is 1. The summed E-state index contributed by atoms with van der Waals surface area (Å²) in [5, 5.41) is 4.04. The number of halogens is 1. The summed E-state index contributed by atoms with van der Waals surface area (Å²) in [5.74, 6) is 0. The molecule has 6 nitrogen and oxygen atoms in total. The van der Waals surface area contributed by atoms with Crippen molar-refractivity contribution in [1.82, 2.24) is 19.2 Å². The minimum absolute atomic E-state index is 0.0639. The van der Waals surface area contributed by atoms with Gasteiger partial charge in [-0.3, -0.25) is 4.57 Å². The first-order valence-electron chi connectivity index (χ1n) is 8.18. The highest BCUT2D eigenvalue weighted by Gasteiger charge is 2.13. The van der Waals surface area contributed by atoms with Crippen LogP contribution in [0.2, 0.25) is 0 Å². The fraction of sp³-hybridized carbons (Fsp3) is 0.412. The zero-order valence-electron chi connectivity index (χ0n) is 14.2. The molecular formula is C17H22FN5OS. The first kappa shape index (κ1) is 17.8. The first-order chi connectivity index (χ1) is 12.1. The van der Waals surface area contributed by atoms with Gasteiger partial charge in [-0.1, -0.05) is 6.08 Å². The molecule has 2 aromatic rings. The molecule has 0 unspecified atom stereocenters. The topological polar surface area (TPSA) is 69.1 Å². The SMILES string of the molecule is CN1CC=C(c2ccc(Cn3cnn(C/C(=C/F)CN)c3=O)s2)CC1. The third-order valence-corrected chi connectivity index (χ3v) is 5.43. The van der Waals surface area contributed by atoms with E-state index in [0.717, 1.165) is 24.4 Å². The molecule has 0 spiro atoms. The van der Waals surface area contributed by atoms with E-state index >= 15 is 0 Å². The fourth-order valence-corrected chi connectivity index (χ4v) is 3.80. The van der Waals surface area contributed by atoms with E-state index in [1.165, 1.54) is 26.0 Å². The zero-order chi connectivity index (χ0) is 17.8. The average Bonchev–Trinajstić information content (AvgIpc) is 3.22. The van der Waals surface area contributed by atoms with E-state index < -0.39 is 0 Å². The number of hydrogen-bond donors (Lipinski definition) is 1. The van der Waals surface area contributed by atoms with Crippen molar-refractivity contribution in [1.29, 1.82) is 0 Å². The highest BCUT2D eigenvalue weighted by atomic mass is 32.1. The molecule has 1 aliphatic rings. The lowest BCUT2D eigenvalue weighted by Crippen LogP contribution is -2.26. The van der Waals surface area contributed by atoms with E-state index in [2.05, 4.69) is 35.3 Å². The normalized spacial score (nSPS) is 16.3. The van der Waals surface area contributed by atoms with Crippen LogP contribution < -0.4 is 11.4 Å². The molecule has 2 aromatic heterocycles. The van der Waals surface area contributed by atoms with Crippen LogP contribution in [0.4, 0.5) is 4.39 Å². The standard InChI is InChI=1S/C17H22FN5OS/c1-21-6-4-14(5-7-21)16-3-2-15(25-16)11-22-12-20-23(17(22)24)10-13(8-18)9-19/h2-4,8,12H,5-7,9-11,19H2,1H3/b13-8+. The monoisotopic (exact) mass is 363 g/mol. The maximum atomic E-state index is 12.6. The van der Waals surface area contributed by atoms with Gasteiger partial charge in [-0.15, -0.1) is 11.3 Å². The number of hydrogen-bond acceptors (Lipinski definition) is 5. The van der Waals surface area contributed by atoms with Gasteiger partial charge in [0.2, 0.25) is 0 Å². The second kappa shape index (κ2) is 7.90. The van der Waals surface area contributed by atoms with E-state index in [0.29, 0.717) is 18.4 Å². The Balaban J connectivity index is 1.72. The van der Waals surface area contributed by atoms with Gasteiger partial charge in [0.25, 0.3) is 0 Å². The van der Waals surface area contributed by atoms with Crippen molar-refractivity contribution < 1.29 is 4.39 Å². The molecule has 0 atom stereocenters. The molecule has 3 heterocycles. The second-order valence-electron chi connectivity index (χ2n) is 6.18. The Bertz CT molecular complexity index is 847. The summed E-state index contributed by atoms with van der Waals surface area (Å²) < 4.78 is 15.4. The lowest BCUT2D eigenvalue weighted by Gasteiger charge is -2.21. The summed E-state index contributed by atoms with van der Waals surface area (Å²) in [4.78, 5) is 17.0. The summed E-state index contributed by atoms with van der Waals surface area (Å²) in [6, 6.07) is 4.17. The van der Waals surface area contributed by atoms with Crippen LogP contribution >= 0.6 is 11.3 Å².